The largest absolute Gasteiger partial charge is 0.385 e. The summed E-state index contributed by atoms with van der Waals surface area (Å²) in [7, 11) is 0. The molecular weight excluding hydrogens is 390 g/mol. The van der Waals surface area contributed by atoms with Crippen molar-refractivity contribution in [2.45, 2.75) is 13.3 Å². The molecule has 0 bridgehead atoms. The van der Waals surface area contributed by atoms with Crippen LogP contribution in [-0.2, 0) is 4.74 Å². The second kappa shape index (κ2) is 8.87. The molecule has 0 unspecified atom stereocenters. The smallest absolute Gasteiger partial charge is 0.227 e. The molecule has 0 saturated carbocycles. The van der Waals surface area contributed by atoms with Gasteiger partial charge < -0.3 is 15.4 Å². The van der Waals surface area contributed by atoms with Crippen LogP contribution in [0.4, 0.5) is 17.3 Å². The Bertz CT molecular complexity index is 1180. The van der Waals surface area contributed by atoms with E-state index in [0.717, 1.165) is 84.6 Å². The maximum atomic E-state index is 5.42. The van der Waals surface area contributed by atoms with Crippen molar-refractivity contribution in [3.05, 3.63) is 48.3 Å². The minimum atomic E-state index is 0.582. The highest BCUT2D eigenvalue weighted by Crippen LogP contribution is 2.26. The van der Waals surface area contributed by atoms with E-state index in [-0.39, 0.29) is 0 Å². The van der Waals surface area contributed by atoms with E-state index >= 15 is 0 Å². The van der Waals surface area contributed by atoms with E-state index in [1.165, 1.54) is 0 Å². The summed E-state index contributed by atoms with van der Waals surface area (Å²) in [6.07, 6.45) is 4.78. The molecule has 1 aliphatic rings. The Hall–Kier alpha value is -3.23. The number of aromatic nitrogens is 4. The lowest BCUT2D eigenvalue weighted by atomic mass is 10.1. The molecule has 0 spiro atoms. The van der Waals surface area contributed by atoms with Crippen LogP contribution in [0, 0.1) is 6.92 Å². The summed E-state index contributed by atoms with van der Waals surface area (Å²) < 4.78 is 5.42. The first-order valence-electron chi connectivity index (χ1n) is 10.8. The summed E-state index contributed by atoms with van der Waals surface area (Å²) >= 11 is 0. The van der Waals surface area contributed by atoms with Gasteiger partial charge in [0.05, 0.1) is 30.4 Å². The van der Waals surface area contributed by atoms with Gasteiger partial charge in [-0.1, -0.05) is 0 Å². The molecule has 1 saturated heterocycles. The van der Waals surface area contributed by atoms with E-state index in [1.807, 2.05) is 30.6 Å². The highest BCUT2D eigenvalue weighted by molar-refractivity contribution is 5.87. The maximum Gasteiger partial charge on any atom is 0.227 e. The standard InChI is InChI=1S/C23H27N7O/c1-16-20(24-7-2-8-30-9-11-31-12-10-30)6-4-18-14-25-23(28-22(16)18)27-19-5-3-17-15-26-29-21(17)13-19/h3-6,13-15,24H,2,7-12H2,1H3,(H,26,29)(H,25,27,28). The van der Waals surface area contributed by atoms with Crippen LogP contribution in [0.3, 0.4) is 0 Å². The van der Waals surface area contributed by atoms with Crippen molar-refractivity contribution in [2.24, 2.45) is 0 Å². The number of nitrogens with zero attached hydrogens (tertiary/aromatic N) is 4. The fourth-order valence-electron chi connectivity index (χ4n) is 3.99. The Kier molecular flexibility index (Phi) is 5.64. The van der Waals surface area contributed by atoms with Gasteiger partial charge in [0.25, 0.3) is 0 Å². The van der Waals surface area contributed by atoms with Gasteiger partial charge in [0, 0.05) is 48.0 Å². The van der Waals surface area contributed by atoms with Gasteiger partial charge in [-0.25, -0.2) is 9.97 Å². The fourth-order valence-corrected chi connectivity index (χ4v) is 3.99. The summed E-state index contributed by atoms with van der Waals surface area (Å²) in [5.74, 6) is 0.582. The SMILES string of the molecule is Cc1c(NCCCN2CCOCC2)ccc2cnc(Nc3ccc4cn[nH]c4c3)nc12. The molecule has 0 atom stereocenters. The molecule has 5 rings (SSSR count). The first-order valence-corrected chi connectivity index (χ1v) is 10.8. The lowest BCUT2D eigenvalue weighted by Crippen LogP contribution is -2.37. The Morgan fingerprint density at radius 3 is 2.87 bits per heavy atom. The number of hydrogen-bond donors (Lipinski definition) is 3. The van der Waals surface area contributed by atoms with Crippen LogP contribution < -0.4 is 10.6 Å². The molecule has 2 aromatic heterocycles. The number of nitrogens with one attached hydrogen (secondary N) is 3. The number of fused-ring (bicyclic) bond motifs is 2. The van der Waals surface area contributed by atoms with Gasteiger partial charge in [-0.2, -0.15) is 5.10 Å². The monoisotopic (exact) mass is 417 g/mol. The lowest BCUT2D eigenvalue weighted by molar-refractivity contribution is 0.0378. The zero-order valence-electron chi connectivity index (χ0n) is 17.7. The Balaban J connectivity index is 1.27. The van der Waals surface area contributed by atoms with Crippen LogP contribution in [0.15, 0.2) is 42.7 Å². The third-order valence-electron chi connectivity index (χ3n) is 5.77. The topological polar surface area (TPSA) is 91.0 Å². The van der Waals surface area contributed by atoms with Crippen LogP contribution in [-0.4, -0.2) is 64.5 Å². The quantitative estimate of drug-likeness (QED) is 0.395. The second-order valence-electron chi connectivity index (χ2n) is 7.90. The number of hydrogen-bond acceptors (Lipinski definition) is 7. The third-order valence-corrected chi connectivity index (χ3v) is 5.77. The van der Waals surface area contributed by atoms with E-state index in [1.54, 1.807) is 0 Å². The summed E-state index contributed by atoms with van der Waals surface area (Å²) in [6, 6.07) is 10.2. The molecule has 160 valence electrons. The van der Waals surface area contributed by atoms with E-state index in [2.05, 4.69) is 49.8 Å². The fraction of sp³-hybridized carbons (Fsp3) is 0.348. The molecule has 0 radical (unpaired) electrons. The van der Waals surface area contributed by atoms with Crippen molar-refractivity contribution in [3.8, 4) is 0 Å². The molecular formula is C23H27N7O. The zero-order chi connectivity index (χ0) is 21.0. The number of benzene rings is 2. The molecule has 8 heteroatoms. The molecule has 1 aliphatic heterocycles. The predicted molar refractivity (Wildman–Crippen MR) is 124 cm³/mol. The first-order chi connectivity index (χ1) is 15.3. The number of H-pyrrole nitrogens is 1. The van der Waals surface area contributed by atoms with Crippen LogP contribution >= 0.6 is 0 Å². The molecule has 8 nitrogen and oxygen atoms in total. The van der Waals surface area contributed by atoms with Crippen LogP contribution in [0.5, 0.6) is 0 Å². The van der Waals surface area contributed by atoms with Crippen molar-refractivity contribution in [1.82, 2.24) is 25.1 Å². The number of morpholine rings is 1. The third kappa shape index (κ3) is 4.45. The molecule has 3 heterocycles. The van der Waals surface area contributed by atoms with Crippen LogP contribution in [0.2, 0.25) is 0 Å². The van der Waals surface area contributed by atoms with Gasteiger partial charge in [0.1, 0.15) is 0 Å². The maximum absolute atomic E-state index is 5.42. The summed E-state index contributed by atoms with van der Waals surface area (Å²) in [4.78, 5) is 11.7. The summed E-state index contributed by atoms with van der Waals surface area (Å²) in [5.41, 5.74) is 5.12. The minimum absolute atomic E-state index is 0.582. The van der Waals surface area contributed by atoms with Gasteiger partial charge in [-0.3, -0.25) is 10.00 Å². The van der Waals surface area contributed by atoms with Crippen molar-refractivity contribution in [2.75, 3.05) is 50.0 Å². The van der Waals surface area contributed by atoms with Crippen molar-refractivity contribution < 1.29 is 4.74 Å². The summed E-state index contributed by atoms with van der Waals surface area (Å²) in [5, 5.41) is 16.1. The Morgan fingerprint density at radius 1 is 1.10 bits per heavy atom. The molecule has 1 fully saturated rings. The lowest BCUT2D eigenvalue weighted by Gasteiger charge is -2.26. The number of rotatable bonds is 7. The molecule has 31 heavy (non-hydrogen) atoms. The van der Waals surface area contributed by atoms with E-state index in [9.17, 15) is 0 Å². The van der Waals surface area contributed by atoms with Crippen molar-refractivity contribution in [3.63, 3.8) is 0 Å². The molecule has 2 aromatic carbocycles. The second-order valence-corrected chi connectivity index (χ2v) is 7.90. The summed E-state index contributed by atoms with van der Waals surface area (Å²) in [6.45, 7) is 7.92. The van der Waals surface area contributed by atoms with Gasteiger partial charge in [0.15, 0.2) is 0 Å². The number of aromatic amines is 1. The zero-order valence-corrected chi connectivity index (χ0v) is 17.7. The highest BCUT2D eigenvalue weighted by Gasteiger charge is 2.10. The number of aryl methyl sites for hydroxylation is 1. The molecule has 0 amide bonds. The number of ether oxygens (including phenoxy) is 1. The van der Waals surface area contributed by atoms with E-state index in [4.69, 9.17) is 9.72 Å². The molecule has 4 aromatic rings. The minimum Gasteiger partial charge on any atom is -0.385 e. The van der Waals surface area contributed by atoms with Crippen LogP contribution in [0.25, 0.3) is 21.8 Å². The Labute approximate surface area is 181 Å². The number of anilines is 3. The average molecular weight is 418 g/mol. The van der Waals surface area contributed by atoms with E-state index < -0.39 is 0 Å². The van der Waals surface area contributed by atoms with Gasteiger partial charge >= 0.3 is 0 Å². The van der Waals surface area contributed by atoms with Gasteiger partial charge in [-0.05, 0) is 55.8 Å². The van der Waals surface area contributed by atoms with Crippen molar-refractivity contribution >= 4 is 39.1 Å². The van der Waals surface area contributed by atoms with Crippen LogP contribution in [0.1, 0.15) is 12.0 Å². The average Bonchev–Trinajstić information content (AvgIpc) is 3.27. The first kappa shape index (κ1) is 19.7. The molecule has 3 N–H and O–H groups in total. The van der Waals surface area contributed by atoms with Gasteiger partial charge in [-0.15, -0.1) is 0 Å². The highest BCUT2D eigenvalue weighted by atomic mass is 16.5. The van der Waals surface area contributed by atoms with Crippen molar-refractivity contribution in [1.29, 1.82) is 0 Å². The Morgan fingerprint density at radius 2 is 1.97 bits per heavy atom. The molecule has 0 aliphatic carbocycles. The predicted octanol–water partition coefficient (Wildman–Crippen LogP) is 3.69. The van der Waals surface area contributed by atoms with Gasteiger partial charge in [0.2, 0.25) is 5.95 Å². The normalized spacial score (nSPS) is 14.9. The van der Waals surface area contributed by atoms with E-state index in [0.29, 0.717) is 5.95 Å².